The fourth-order valence-electron chi connectivity index (χ4n) is 3.76. The Kier molecular flexibility index (Phi) is 5.17. The zero-order chi connectivity index (χ0) is 21.3. The SMILES string of the molecule is C=CC(=O)NC1CCN(S(=O)(=O)c2cnn(-c3ccccc3)c2C)c2ccccc21. The van der Waals surface area contributed by atoms with Crippen LogP contribution in [0.25, 0.3) is 5.69 Å². The van der Waals surface area contributed by atoms with Gasteiger partial charge in [-0.1, -0.05) is 43.0 Å². The molecular weight excluding hydrogens is 400 g/mol. The zero-order valence-electron chi connectivity index (χ0n) is 16.5. The molecular formula is C22H22N4O3S. The third kappa shape index (κ3) is 3.39. The molecule has 1 aliphatic heterocycles. The van der Waals surface area contributed by atoms with E-state index < -0.39 is 10.0 Å². The number of amides is 1. The van der Waals surface area contributed by atoms with Crippen molar-refractivity contribution in [3.05, 3.63) is 84.7 Å². The van der Waals surface area contributed by atoms with Crippen molar-refractivity contribution in [2.45, 2.75) is 24.3 Å². The Labute approximate surface area is 175 Å². The Morgan fingerprint density at radius 2 is 1.87 bits per heavy atom. The lowest BCUT2D eigenvalue weighted by Crippen LogP contribution is -2.40. The molecule has 0 aliphatic carbocycles. The topological polar surface area (TPSA) is 84.3 Å². The minimum atomic E-state index is -3.83. The van der Waals surface area contributed by atoms with E-state index >= 15 is 0 Å². The standard InChI is InChI=1S/C22H22N4O3S/c1-3-22(27)24-19-13-14-25(20-12-8-7-11-18(19)20)30(28,29)21-15-23-26(16(21)2)17-9-5-4-6-10-17/h3-12,15,19H,1,13-14H2,2H3,(H,24,27). The van der Waals surface area contributed by atoms with Crippen LogP contribution in [0.4, 0.5) is 5.69 Å². The molecule has 1 aromatic heterocycles. The highest BCUT2D eigenvalue weighted by molar-refractivity contribution is 7.92. The van der Waals surface area contributed by atoms with Gasteiger partial charge >= 0.3 is 0 Å². The molecule has 30 heavy (non-hydrogen) atoms. The van der Waals surface area contributed by atoms with Gasteiger partial charge in [-0.25, -0.2) is 13.1 Å². The summed E-state index contributed by atoms with van der Waals surface area (Å²) in [4.78, 5) is 12.0. The van der Waals surface area contributed by atoms with E-state index in [-0.39, 0.29) is 23.4 Å². The van der Waals surface area contributed by atoms with Crippen LogP contribution in [0.15, 0.2) is 78.3 Å². The van der Waals surface area contributed by atoms with Crippen LogP contribution in [-0.4, -0.2) is 30.7 Å². The number of nitrogens with one attached hydrogen (secondary N) is 1. The molecule has 1 unspecified atom stereocenters. The van der Waals surface area contributed by atoms with E-state index in [2.05, 4.69) is 17.0 Å². The summed E-state index contributed by atoms with van der Waals surface area (Å²) in [5, 5.41) is 7.19. The molecule has 0 radical (unpaired) electrons. The molecule has 7 nitrogen and oxygen atoms in total. The molecule has 2 heterocycles. The summed E-state index contributed by atoms with van der Waals surface area (Å²) >= 11 is 0. The predicted octanol–water partition coefficient (Wildman–Crippen LogP) is 3.12. The number of sulfonamides is 1. The van der Waals surface area contributed by atoms with Crippen LogP contribution in [0.5, 0.6) is 0 Å². The molecule has 154 valence electrons. The number of rotatable bonds is 5. The molecule has 2 aromatic carbocycles. The van der Waals surface area contributed by atoms with Crippen molar-refractivity contribution in [3.8, 4) is 5.69 Å². The maximum Gasteiger partial charge on any atom is 0.267 e. The van der Waals surface area contributed by atoms with Gasteiger partial charge in [-0.05, 0) is 43.2 Å². The molecule has 8 heteroatoms. The minimum Gasteiger partial charge on any atom is -0.346 e. The van der Waals surface area contributed by atoms with Crippen LogP contribution in [0.1, 0.15) is 23.7 Å². The van der Waals surface area contributed by atoms with E-state index in [4.69, 9.17) is 0 Å². The van der Waals surface area contributed by atoms with Crippen molar-refractivity contribution in [2.75, 3.05) is 10.8 Å². The Morgan fingerprint density at radius 1 is 1.17 bits per heavy atom. The van der Waals surface area contributed by atoms with Crippen molar-refractivity contribution in [3.63, 3.8) is 0 Å². The molecule has 0 bridgehead atoms. The fourth-order valence-corrected chi connectivity index (χ4v) is 5.41. The highest BCUT2D eigenvalue weighted by atomic mass is 32.2. The van der Waals surface area contributed by atoms with E-state index in [1.54, 1.807) is 23.7 Å². The van der Waals surface area contributed by atoms with Crippen LogP contribution in [0, 0.1) is 6.92 Å². The summed E-state index contributed by atoms with van der Waals surface area (Å²) in [5.74, 6) is -0.286. The summed E-state index contributed by atoms with van der Waals surface area (Å²) < 4.78 is 30.2. The second kappa shape index (κ2) is 7.79. The number of carbonyl (C=O) groups is 1. The van der Waals surface area contributed by atoms with Gasteiger partial charge in [0, 0.05) is 6.54 Å². The van der Waals surface area contributed by atoms with Crippen molar-refractivity contribution >= 4 is 21.6 Å². The first kappa shape index (κ1) is 19.9. The van der Waals surface area contributed by atoms with Crippen LogP contribution in [-0.2, 0) is 14.8 Å². The minimum absolute atomic E-state index is 0.162. The Morgan fingerprint density at radius 3 is 2.60 bits per heavy atom. The first-order valence-corrected chi connectivity index (χ1v) is 11.0. The van der Waals surface area contributed by atoms with Gasteiger partial charge in [0.15, 0.2) is 0 Å². The molecule has 0 saturated carbocycles. The van der Waals surface area contributed by atoms with Gasteiger partial charge in [-0.2, -0.15) is 5.10 Å². The van der Waals surface area contributed by atoms with Gasteiger partial charge in [0.2, 0.25) is 5.91 Å². The number of hydrogen-bond donors (Lipinski definition) is 1. The third-order valence-corrected chi connectivity index (χ3v) is 7.15. The smallest absolute Gasteiger partial charge is 0.267 e. The van der Waals surface area contributed by atoms with E-state index in [9.17, 15) is 13.2 Å². The predicted molar refractivity (Wildman–Crippen MR) is 115 cm³/mol. The third-order valence-electron chi connectivity index (χ3n) is 5.24. The molecule has 1 N–H and O–H groups in total. The van der Waals surface area contributed by atoms with Gasteiger partial charge < -0.3 is 5.32 Å². The highest BCUT2D eigenvalue weighted by Gasteiger charge is 2.35. The van der Waals surface area contributed by atoms with Crippen LogP contribution < -0.4 is 9.62 Å². The van der Waals surface area contributed by atoms with E-state index in [1.165, 1.54) is 16.6 Å². The number of fused-ring (bicyclic) bond motifs is 1. The molecule has 1 aliphatic rings. The van der Waals surface area contributed by atoms with Crippen molar-refractivity contribution in [1.29, 1.82) is 0 Å². The van der Waals surface area contributed by atoms with Crippen LogP contribution >= 0.6 is 0 Å². The molecule has 3 aromatic rings. The lowest BCUT2D eigenvalue weighted by atomic mass is 9.98. The van der Waals surface area contributed by atoms with E-state index in [1.807, 2.05) is 42.5 Å². The van der Waals surface area contributed by atoms with E-state index in [0.717, 1.165) is 11.3 Å². The summed E-state index contributed by atoms with van der Waals surface area (Å²) in [6, 6.07) is 16.4. The average Bonchev–Trinajstić information content (AvgIpc) is 3.16. The lowest BCUT2D eigenvalue weighted by Gasteiger charge is -2.35. The molecule has 0 spiro atoms. The average molecular weight is 423 g/mol. The monoisotopic (exact) mass is 422 g/mol. The van der Waals surface area contributed by atoms with Gasteiger partial charge in [0.05, 0.1) is 29.3 Å². The normalized spacial score (nSPS) is 16.0. The number of carbonyl (C=O) groups excluding carboxylic acids is 1. The van der Waals surface area contributed by atoms with Crippen molar-refractivity contribution < 1.29 is 13.2 Å². The quantitative estimate of drug-likeness (QED) is 0.641. The lowest BCUT2D eigenvalue weighted by molar-refractivity contribution is -0.117. The van der Waals surface area contributed by atoms with Crippen molar-refractivity contribution in [2.24, 2.45) is 0 Å². The Hall–Kier alpha value is -3.39. The van der Waals surface area contributed by atoms with Gasteiger partial charge in [-0.15, -0.1) is 0 Å². The number of anilines is 1. The molecule has 1 atom stereocenters. The first-order chi connectivity index (χ1) is 14.4. The summed E-state index contributed by atoms with van der Waals surface area (Å²) in [6.45, 7) is 5.48. The number of benzene rings is 2. The number of hydrogen-bond acceptors (Lipinski definition) is 4. The first-order valence-electron chi connectivity index (χ1n) is 9.58. The largest absolute Gasteiger partial charge is 0.346 e. The second-order valence-corrected chi connectivity index (χ2v) is 8.86. The van der Waals surface area contributed by atoms with E-state index in [0.29, 0.717) is 17.8 Å². The van der Waals surface area contributed by atoms with Gasteiger partial charge in [0.1, 0.15) is 4.90 Å². The number of para-hydroxylation sites is 2. The van der Waals surface area contributed by atoms with Gasteiger partial charge in [0.25, 0.3) is 10.0 Å². The summed E-state index contributed by atoms with van der Waals surface area (Å²) in [7, 11) is -3.83. The summed E-state index contributed by atoms with van der Waals surface area (Å²) in [5.41, 5.74) is 2.66. The molecule has 1 amide bonds. The summed E-state index contributed by atoms with van der Waals surface area (Å²) in [6.07, 6.45) is 3.07. The highest BCUT2D eigenvalue weighted by Crippen LogP contribution is 2.37. The second-order valence-electron chi connectivity index (χ2n) is 7.03. The molecule has 0 saturated heterocycles. The molecule has 4 rings (SSSR count). The number of nitrogens with zero attached hydrogens (tertiary/aromatic N) is 3. The van der Waals surface area contributed by atoms with Crippen LogP contribution in [0.2, 0.25) is 0 Å². The number of aromatic nitrogens is 2. The van der Waals surface area contributed by atoms with Crippen molar-refractivity contribution in [1.82, 2.24) is 15.1 Å². The Bertz CT molecular complexity index is 1200. The van der Waals surface area contributed by atoms with Crippen LogP contribution in [0.3, 0.4) is 0 Å². The maximum absolute atomic E-state index is 13.6. The molecule has 0 fully saturated rings. The maximum atomic E-state index is 13.6. The van der Waals surface area contributed by atoms with Gasteiger partial charge in [-0.3, -0.25) is 9.10 Å². The zero-order valence-corrected chi connectivity index (χ0v) is 17.3. The fraction of sp³-hybridized carbons (Fsp3) is 0.182. The Balaban J connectivity index is 1.73.